The Bertz CT molecular complexity index is 15.5. The molecule has 0 saturated carbocycles. The van der Waals surface area contributed by atoms with Gasteiger partial charge in [0.05, 0.1) is 0 Å². The van der Waals surface area contributed by atoms with Crippen LogP contribution >= 0.6 is 0 Å². The predicted molar refractivity (Wildman–Crippen MR) is 2.06 cm³/mol. The Balaban J connectivity index is -0.0000000225. The summed E-state index contributed by atoms with van der Waals surface area (Å²) < 4.78 is 24.2. The Hall–Kier alpha value is 1.14. The van der Waals surface area contributed by atoms with E-state index in [0.29, 0.717) is 19.8 Å². The van der Waals surface area contributed by atoms with Crippen molar-refractivity contribution >= 4 is 0 Å². The quantitative estimate of drug-likeness (QED) is 0.558. The van der Waals surface area contributed by atoms with Gasteiger partial charge in [0.25, 0.3) is 0 Å². The summed E-state index contributed by atoms with van der Waals surface area (Å²) in [6, 6.07) is 0. The van der Waals surface area contributed by atoms with Crippen LogP contribution in [0.25, 0.3) is 0 Å². The molecule has 0 aliphatic rings. The van der Waals surface area contributed by atoms with Crippen LogP contribution < -0.4 is 0 Å². The number of rotatable bonds is 0. The van der Waals surface area contributed by atoms with Crippen molar-refractivity contribution < 1.29 is 63.0 Å². The fraction of sp³-hybridized carbons (Fsp3) is 0. The molecule has 0 fully saturated rings. The van der Waals surface area contributed by atoms with Gasteiger partial charge in [0, 0.05) is 0 Å². The molecule has 0 unspecified atom stereocenters. The molecule has 6 heavy (non-hydrogen) atoms. The molecule has 41 valence electrons. The van der Waals surface area contributed by atoms with Crippen LogP contribution in [0.5, 0.6) is 0 Å². The van der Waals surface area contributed by atoms with Crippen molar-refractivity contribution in [2.75, 3.05) is 0 Å². The van der Waals surface area contributed by atoms with E-state index in [-0.39, 0.29) is 0 Å². The van der Waals surface area contributed by atoms with Gasteiger partial charge in [-0.15, -0.1) is 0 Å². The first kappa shape index (κ1) is 15.7. The Morgan fingerprint density at radius 3 is 1.17 bits per heavy atom. The maximum absolute atomic E-state index is 8.26. The van der Waals surface area contributed by atoms with Gasteiger partial charge in [-0.3, -0.25) is 0 Å². The molecule has 0 aromatic rings. The maximum atomic E-state index is 8.26. The van der Waals surface area contributed by atoms with E-state index < -0.39 is 0 Å². The van der Waals surface area contributed by atoms with Crippen LogP contribution in [0.15, 0.2) is 0 Å². The zero-order valence-corrected chi connectivity index (χ0v) is 6.57. The van der Waals surface area contributed by atoms with E-state index in [2.05, 4.69) is 15.9 Å². The molecule has 0 aromatic carbocycles. The standard InChI is InChI=1S/Cr.Cu.Mo.3O. The number of hydrogen-bond donors (Lipinski definition) is 0. The summed E-state index contributed by atoms with van der Waals surface area (Å²) in [7, 11) is 0. The van der Waals surface area contributed by atoms with Gasteiger partial charge >= 0.3 is 63.0 Å². The zero-order chi connectivity index (χ0) is 6.00. The first-order valence-electron chi connectivity index (χ1n) is 0.456. The monoisotopic (exact) mass is 261 g/mol. The molecule has 0 spiro atoms. The van der Waals surface area contributed by atoms with Crippen LogP contribution in [0.4, 0.5) is 0 Å². The van der Waals surface area contributed by atoms with Crippen LogP contribution in [0.3, 0.4) is 0 Å². The minimum atomic E-state index is 0.700. The van der Waals surface area contributed by atoms with Crippen molar-refractivity contribution in [2.24, 2.45) is 0 Å². The summed E-state index contributed by atoms with van der Waals surface area (Å²) in [6.45, 7) is 0. The fourth-order valence-corrected chi connectivity index (χ4v) is 0. The van der Waals surface area contributed by atoms with Crippen LogP contribution in [-0.2, 0) is 63.0 Å². The van der Waals surface area contributed by atoms with Gasteiger partial charge in [-0.1, -0.05) is 0 Å². The molecule has 0 atom stereocenters. The zero-order valence-electron chi connectivity index (χ0n) is 2.34. The molecule has 0 radical (unpaired) electrons. The summed E-state index contributed by atoms with van der Waals surface area (Å²) in [5.41, 5.74) is 0. The van der Waals surface area contributed by atoms with Gasteiger partial charge in [-0.05, 0) is 0 Å². The molecule has 0 amide bonds. The van der Waals surface area contributed by atoms with Gasteiger partial charge in [0.2, 0.25) is 0 Å². The SMILES string of the molecule is [O]=[Cr].[O]=[Cu].[O]=[Mo]. The van der Waals surface area contributed by atoms with Crippen molar-refractivity contribution in [3.8, 4) is 0 Å². The molecule has 0 aromatic heterocycles. The summed E-state index contributed by atoms with van der Waals surface area (Å²) in [5, 5.41) is 0. The van der Waals surface area contributed by atoms with Gasteiger partial charge in [0.15, 0.2) is 0 Å². The summed E-state index contributed by atoms with van der Waals surface area (Å²) in [6.07, 6.45) is 0. The molecule has 0 aliphatic heterocycles. The second-order valence-electron chi connectivity index (χ2n) is 0. The molecule has 0 rings (SSSR count). The Kier molecular flexibility index (Phi) is 327. The molecule has 0 aliphatic carbocycles. The first-order chi connectivity index (χ1) is 3.00. The minimum absolute atomic E-state index is 0.700. The van der Waals surface area contributed by atoms with E-state index in [0.717, 1.165) is 0 Å². The molecule has 0 N–H and O–H groups in total. The first-order valence-corrected chi connectivity index (χ1v) is 2.18. The topological polar surface area (TPSA) is 51.2 Å². The Labute approximate surface area is 62.7 Å². The molecular formula is CrCuMoO3. The average molecular weight is 259 g/mol. The van der Waals surface area contributed by atoms with Crippen LogP contribution in [0.2, 0.25) is 0 Å². The van der Waals surface area contributed by atoms with Crippen molar-refractivity contribution in [3.63, 3.8) is 0 Å². The van der Waals surface area contributed by atoms with E-state index in [1.807, 2.05) is 0 Å². The normalized spacial score (nSPS) is 2.33. The van der Waals surface area contributed by atoms with Crippen LogP contribution in [-0.4, -0.2) is 0 Å². The second-order valence-corrected chi connectivity index (χ2v) is 0. The van der Waals surface area contributed by atoms with Crippen molar-refractivity contribution in [3.05, 3.63) is 0 Å². The van der Waals surface area contributed by atoms with Gasteiger partial charge in [-0.25, -0.2) is 0 Å². The van der Waals surface area contributed by atoms with Crippen LogP contribution in [0, 0.1) is 0 Å². The number of hydrogen-bond acceptors (Lipinski definition) is 3. The van der Waals surface area contributed by atoms with E-state index in [1.54, 1.807) is 0 Å². The van der Waals surface area contributed by atoms with Crippen molar-refractivity contribution in [1.29, 1.82) is 0 Å². The van der Waals surface area contributed by atoms with E-state index in [1.165, 1.54) is 16.2 Å². The van der Waals surface area contributed by atoms with E-state index in [4.69, 9.17) is 11.0 Å². The average Bonchev–Trinajstić information content (AvgIpc) is 1.81. The fourth-order valence-electron chi connectivity index (χ4n) is 0. The molecule has 3 nitrogen and oxygen atoms in total. The third kappa shape index (κ3) is 67.8. The van der Waals surface area contributed by atoms with E-state index >= 15 is 0 Å². The van der Waals surface area contributed by atoms with Gasteiger partial charge in [-0.2, -0.15) is 0 Å². The summed E-state index contributed by atoms with van der Waals surface area (Å²) >= 11 is 5.01. The second kappa shape index (κ2) is 125. The van der Waals surface area contributed by atoms with Gasteiger partial charge in [0.1, 0.15) is 0 Å². The molecule has 0 heterocycles. The molecule has 0 saturated heterocycles. The third-order valence-corrected chi connectivity index (χ3v) is 0. The Morgan fingerprint density at radius 1 is 1.17 bits per heavy atom. The molecule has 6 heteroatoms. The van der Waals surface area contributed by atoms with E-state index in [9.17, 15) is 0 Å². The molecule has 0 bridgehead atoms. The van der Waals surface area contributed by atoms with Crippen molar-refractivity contribution in [2.45, 2.75) is 0 Å². The third-order valence-electron chi connectivity index (χ3n) is 0. The predicted octanol–water partition coefficient (Wildman–Crippen LogP) is -0.364. The van der Waals surface area contributed by atoms with Gasteiger partial charge < -0.3 is 0 Å². The van der Waals surface area contributed by atoms with Crippen LogP contribution in [0.1, 0.15) is 0 Å². The van der Waals surface area contributed by atoms with Crippen molar-refractivity contribution in [1.82, 2.24) is 0 Å². The summed E-state index contributed by atoms with van der Waals surface area (Å²) in [5.74, 6) is 0. The summed E-state index contributed by atoms with van der Waals surface area (Å²) in [4.78, 5) is 0. The molecular weight excluding hydrogens is 259 g/mol. The Morgan fingerprint density at radius 2 is 1.17 bits per heavy atom.